The zero-order valence-corrected chi connectivity index (χ0v) is 21.2. The van der Waals surface area contributed by atoms with Crippen LogP contribution in [0.25, 0.3) is 0 Å². The van der Waals surface area contributed by atoms with Crippen molar-refractivity contribution in [2.75, 3.05) is 13.2 Å². The van der Waals surface area contributed by atoms with Gasteiger partial charge in [0.25, 0.3) is 5.91 Å². The van der Waals surface area contributed by atoms with Crippen molar-refractivity contribution >= 4 is 23.5 Å². The summed E-state index contributed by atoms with van der Waals surface area (Å²) in [4.78, 5) is 50.4. The summed E-state index contributed by atoms with van der Waals surface area (Å²) in [6.45, 7) is 4.20. The average Bonchev–Trinajstić information content (AvgIpc) is 3.23. The van der Waals surface area contributed by atoms with Gasteiger partial charge in [-0.3, -0.25) is 24.5 Å². The van der Waals surface area contributed by atoms with E-state index in [9.17, 15) is 28.0 Å². The second kappa shape index (κ2) is 11.4. The Kier molecular flexibility index (Phi) is 7.78. The van der Waals surface area contributed by atoms with E-state index in [0.29, 0.717) is 23.3 Å². The Balaban J connectivity index is 1.39. The number of aryl methyl sites for hydroxylation is 1. The van der Waals surface area contributed by atoms with Gasteiger partial charge in [-0.25, -0.2) is 0 Å². The Hall–Kier alpha value is -3.66. The number of carbonyl (C=O) groups excluding carboxylic acids is 4. The van der Waals surface area contributed by atoms with E-state index in [1.165, 1.54) is 24.3 Å². The fourth-order valence-electron chi connectivity index (χ4n) is 4.41. The number of carbonyl (C=O) groups is 4. The summed E-state index contributed by atoms with van der Waals surface area (Å²) in [5.74, 6) is -6.63. The Morgan fingerprint density at radius 2 is 1.97 bits per heavy atom. The van der Waals surface area contributed by atoms with Gasteiger partial charge >= 0.3 is 5.92 Å². The van der Waals surface area contributed by atoms with E-state index in [2.05, 4.69) is 5.32 Å². The number of nitrogens with one attached hydrogen (secondary N) is 1. The number of hydrogen-bond donors (Lipinski definition) is 1. The number of benzene rings is 2. The van der Waals surface area contributed by atoms with Gasteiger partial charge in [-0.05, 0) is 56.0 Å². The van der Waals surface area contributed by atoms with Crippen LogP contribution >= 0.6 is 0 Å². The summed E-state index contributed by atoms with van der Waals surface area (Å²) in [6.07, 6.45) is -0.584. The number of halogens is 2. The van der Waals surface area contributed by atoms with E-state index in [1.54, 1.807) is 12.1 Å². The highest BCUT2D eigenvalue weighted by atomic mass is 19.3. The minimum atomic E-state index is -3.72. The van der Waals surface area contributed by atoms with E-state index >= 15 is 0 Å². The molecular formula is C28H30F2N2O6. The lowest BCUT2D eigenvalue weighted by atomic mass is 9.97. The summed E-state index contributed by atoms with van der Waals surface area (Å²) in [5, 5.41) is 2.10. The first kappa shape index (κ1) is 26.0. The maximum Gasteiger partial charge on any atom is 0.330 e. The van der Waals surface area contributed by atoms with Crippen molar-refractivity contribution in [3.8, 4) is 5.75 Å². The Bertz CT molecular complexity index is 1300. The lowest BCUT2D eigenvalue weighted by Crippen LogP contribution is -2.52. The Labute approximate surface area is 220 Å². The zero-order chi connectivity index (χ0) is 28.4. The average molecular weight is 530 g/mol. The standard InChI is InChI=1S/C28H30F2N2O6/c1-17(2)37-12-13-38-21-5-3-4-20(15-21)28(29,30)24(33)10-7-18-6-8-22-19(14-18)16-32(27(22)36)23-9-11-25(34)31-26(23)35/h3-6,8,14-15,17,23H,7,9-13,16H2,1-2H3,(H,31,34,35)/t23-/m1/s1/i23D. The van der Waals surface area contributed by atoms with Crippen molar-refractivity contribution in [3.05, 3.63) is 64.7 Å². The third-order valence-corrected chi connectivity index (χ3v) is 6.39. The SMILES string of the molecule is [2H][C@@]1(N2Cc3cc(CCC(=O)C(F)(F)c4cccc(OCCOC(C)C)c4)ccc3C2=O)CCC(=O)NC1=O. The van der Waals surface area contributed by atoms with Crippen LogP contribution < -0.4 is 10.1 Å². The number of nitrogens with zero attached hydrogens (tertiary/aromatic N) is 1. The molecule has 3 amide bonds. The highest BCUT2D eigenvalue weighted by molar-refractivity contribution is 6.05. The van der Waals surface area contributed by atoms with Crippen LogP contribution in [0.1, 0.15) is 61.5 Å². The lowest BCUT2D eigenvalue weighted by Gasteiger charge is -2.29. The lowest BCUT2D eigenvalue weighted by molar-refractivity contribution is -0.144. The van der Waals surface area contributed by atoms with Crippen LogP contribution in [0.2, 0.25) is 0 Å². The van der Waals surface area contributed by atoms with E-state index in [0.717, 1.165) is 11.0 Å². The van der Waals surface area contributed by atoms with Gasteiger partial charge in [-0.15, -0.1) is 0 Å². The Morgan fingerprint density at radius 1 is 1.18 bits per heavy atom. The molecule has 0 saturated carbocycles. The van der Waals surface area contributed by atoms with Crippen LogP contribution in [-0.4, -0.2) is 53.7 Å². The maximum atomic E-state index is 15.0. The molecule has 0 bridgehead atoms. The molecule has 38 heavy (non-hydrogen) atoms. The van der Waals surface area contributed by atoms with Gasteiger partial charge in [0.05, 0.1) is 14.1 Å². The number of piperidine rings is 1. The third-order valence-electron chi connectivity index (χ3n) is 6.39. The molecule has 4 rings (SSSR count). The largest absolute Gasteiger partial charge is 0.491 e. The molecule has 2 aromatic rings. The van der Waals surface area contributed by atoms with Gasteiger partial charge in [-0.2, -0.15) is 8.78 Å². The Morgan fingerprint density at radius 3 is 2.71 bits per heavy atom. The van der Waals surface area contributed by atoms with Crippen molar-refractivity contribution < 1.29 is 38.8 Å². The first-order chi connectivity index (χ1) is 18.4. The molecule has 10 heteroatoms. The van der Waals surface area contributed by atoms with E-state index in [1.807, 2.05) is 13.8 Å². The summed E-state index contributed by atoms with van der Waals surface area (Å²) < 4.78 is 49.4. The van der Waals surface area contributed by atoms with Crippen LogP contribution in [-0.2, 0) is 38.0 Å². The predicted octanol–water partition coefficient (Wildman–Crippen LogP) is 3.55. The monoisotopic (exact) mass is 529 g/mol. The van der Waals surface area contributed by atoms with Gasteiger partial charge in [0.1, 0.15) is 18.4 Å². The fraction of sp³-hybridized carbons (Fsp3) is 0.429. The fourth-order valence-corrected chi connectivity index (χ4v) is 4.41. The quantitative estimate of drug-likeness (QED) is 0.353. The first-order valence-electron chi connectivity index (χ1n) is 13.0. The molecule has 2 aliphatic rings. The number of amides is 3. The second-order valence-electron chi connectivity index (χ2n) is 9.50. The van der Waals surface area contributed by atoms with Gasteiger partial charge in [0, 0.05) is 30.5 Å². The highest BCUT2D eigenvalue weighted by Crippen LogP contribution is 2.33. The van der Waals surface area contributed by atoms with Gasteiger partial charge in [0.15, 0.2) is 0 Å². The van der Waals surface area contributed by atoms with E-state index < -0.39 is 47.4 Å². The molecule has 0 unspecified atom stereocenters. The van der Waals surface area contributed by atoms with Crippen LogP contribution in [0.15, 0.2) is 42.5 Å². The van der Waals surface area contributed by atoms with Crippen molar-refractivity contribution in [1.29, 1.82) is 0 Å². The minimum absolute atomic E-state index is 0.0135. The molecule has 0 spiro atoms. The predicted molar refractivity (Wildman–Crippen MR) is 133 cm³/mol. The van der Waals surface area contributed by atoms with E-state index in [4.69, 9.17) is 10.8 Å². The summed E-state index contributed by atoms with van der Waals surface area (Å²) in [5.41, 5.74) is 0.925. The number of fused-ring (bicyclic) bond motifs is 1. The molecule has 1 fully saturated rings. The minimum Gasteiger partial charge on any atom is -0.491 e. The molecule has 0 aromatic heterocycles. The molecular weight excluding hydrogens is 498 g/mol. The van der Waals surface area contributed by atoms with Crippen molar-refractivity contribution in [1.82, 2.24) is 10.2 Å². The van der Waals surface area contributed by atoms with Gasteiger partial charge in [0.2, 0.25) is 17.6 Å². The van der Waals surface area contributed by atoms with Gasteiger partial charge < -0.3 is 14.4 Å². The first-order valence-corrected chi connectivity index (χ1v) is 12.5. The molecule has 2 aliphatic heterocycles. The maximum absolute atomic E-state index is 15.0. The molecule has 2 heterocycles. The topological polar surface area (TPSA) is 102 Å². The molecule has 0 radical (unpaired) electrons. The molecule has 1 saturated heterocycles. The van der Waals surface area contributed by atoms with E-state index in [-0.39, 0.29) is 44.3 Å². The molecule has 1 atom stereocenters. The number of Topliss-reactive ketones (excluding diaryl/α,β-unsaturated/α-hetero) is 1. The number of imide groups is 1. The molecule has 1 N–H and O–H groups in total. The zero-order valence-electron chi connectivity index (χ0n) is 22.2. The smallest absolute Gasteiger partial charge is 0.330 e. The second-order valence-corrected chi connectivity index (χ2v) is 9.50. The molecule has 8 nitrogen and oxygen atoms in total. The van der Waals surface area contributed by atoms with Crippen LogP contribution in [0.3, 0.4) is 0 Å². The van der Waals surface area contributed by atoms with Crippen molar-refractivity contribution in [3.63, 3.8) is 0 Å². The summed E-state index contributed by atoms with van der Waals surface area (Å²) in [7, 11) is 0. The van der Waals surface area contributed by atoms with Crippen molar-refractivity contribution in [2.24, 2.45) is 0 Å². The number of alkyl halides is 2. The normalized spacial score (nSPS) is 19.9. The summed E-state index contributed by atoms with van der Waals surface area (Å²) >= 11 is 0. The van der Waals surface area contributed by atoms with Crippen LogP contribution in [0.4, 0.5) is 8.78 Å². The van der Waals surface area contributed by atoms with Crippen molar-refractivity contribution in [2.45, 2.75) is 64.1 Å². The third kappa shape index (κ3) is 6.07. The number of ketones is 1. The number of rotatable bonds is 11. The molecule has 202 valence electrons. The molecule has 0 aliphatic carbocycles. The van der Waals surface area contributed by atoms with Crippen LogP contribution in [0.5, 0.6) is 5.75 Å². The molecule has 2 aromatic carbocycles. The highest BCUT2D eigenvalue weighted by Gasteiger charge is 2.41. The number of hydrogen-bond acceptors (Lipinski definition) is 6. The number of ether oxygens (including phenoxy) is 2. The van der Waals surface area contributed by atoms with Gasteiger partial charge in [-0.1, -0.05) is 24.3 Å². The summed E-state index contributed by atoms with van der Waals surface area (Å²) in [6, 6.07) is 8.05. The van der Waals surface area contributed by atoms with Crippen LogP contribution in [0, 0.1) is 0 Å².